The zero-order valence-corrected chi connectivity index (χ0v) is 25.5. The molecule has 3 aliphatic rings. The van der Waals surface area contributed by atoms with E-state index in [0.717, 1.165) is 68.3 Å². The van der Waals surface area contributed by atoms with E-state index in [-0.39, 0.29) is 18.0 Å². The van der Waals surface area contributed by atoms with E-state index >= 15 is 0 Å². The molecule has 1 amide bonds. The van der Waals surface area contributed by atoms with Crippen molar-refractivity contribution in [2.45, 2.75) is 88.4 Å². The fourth-order valence-electron chi connectivity index (χ4n) is 6.78. The number of nitrogens with one attached hydrogen (secondary N) is 2. The van der Waals surface area contributed by atoms with Crippen molar-refractivity contribution in [2.75, 3.05) is 45.1 Å². The predicted molar refractivity (Wildman–Crippen MR) is 165 cm³/mol. The zero-order chi connectivity index (χ0) is 29.9. The summed E-state index contributed by atoms with van der Waals surface area (Å²) in [7, 11) is 4.65. The summed E-state index contributed by atoms with van der Waals surface area (Å²) in [4.78, 5) is 30.1. The number of methoxy groups -OCH3 is 3. The molecular formula is C31H44N8O4. The average molecular weight is 593 g/mol. The van der Waals surface area contributed by atoms with Gasteiger partial charge in [-0.25, -0.2) is 4.98 Å². The SMILES string of the molecule is COc1cc(C(=O)N2CCC(Nc3nc(N[C@H]4CC[C@H](N)CC4)nc4c3ncn4C3CCCC3)CC2)cc(OC)c1OC. The molecule has 2 saturated carbocycles. The van der Waals surface area contributed by atoms with Crippen molar-refractivity contribution in [1.82, 2.24) is 24.4 Å². The van der Waals surface area contributed by atoms with E-state index in [1.54, 1.807) is 33.5 Å². The number of ether oxygens (including phenoxy) is 3. The highest BCUT2D eigenvalue weighted by molar-refractivity contribution is 5.95. The molecule has 12 heteroatoms. The highest BCUT2D eigenvalue weighted by Crippen LogP contribution is 2.39. The summed E-state index contributed by atoms with van der Waals surface area (Å²) in [6.45, 7) is 1.23. The molecule has 3 fully saturated rings. The van der Waals surface area contributed by atoms with Crippen LogP contribution >= 0.6 is 0 Å². The van der Waals surface area contributed by atoms with Gasteiger partial charge in [0, 0.05) is 42.8 Å². The monoisotopic (exact) mass is 592 g/mol. The smallest absolute Gasteiger partial charge is 0.254 e. The molecule has 43 heavy (non-hydrogen) atoms. The number of hydrogen-bond acceptors (Lipinski definition) is 10. The maximum absolute atomic E-state index is 13.5. The number of rotatable bonds is 9. The third kappa shape index (κ3) is 6.15. The molecule has 0 spiro atoms. The third-order valence-electron chi connectivity index (χ3n) is 9.28. The number of hydrogen-bond donors (Lipinski definition) is 3. The number of nitrogens with two attached hydrogens (primary N) is 1. The topological polar surface area (TPSA) is 142 Å². The molecule has 2 aromatic heterocycles. The minimum atomic E-state index is -0.0591. The first kappa shape index (κ1) is 29.3. The van der Waals surface area contributed by atoms with Gasteiger partial charge in [0.2, 0.25) is 11.7 Å². The summed E-state index contributed by atoms with van der Waals surface area (Å²) in [6, 6.07) is 4.60. The lowest BCUT2D eigenvalue weighted by Crippen LogP contribution is -2.42. The first-order valence-electron chi connectivity index (χ1n) is 15.6. The Morgan fingerprint density at radius 3 is 2.14 bits per heavy atom. The first-order valence-corrected chi connectivity index (χ1v) is 15.6. The molecule has 0 atom stereocenters. The van der Waals surface area contributed by atoms with Crippen LogP contribution in [0.5, 0.6) is 17.2 Å². The number of fused-ring (bicyclic) bond motifs is 1. The number of carbonyl (C=O) groups is 1. The van der Waals surface area contributed by atoms with Crippen LogP contribution in [0.4, 0.5) is 11.8 Å². The minimum Gasteiger partial charge on any atom is -0.493 e. The van der Waals surface area contributed by atoms with E-state index in [1.807, 2.05) is 11.2 Å². The number of amides is 1. The predicted octanol–water partition coefficient (Wildman–Crippen LogP) is 4.37. The van der Waals surface area contributed by atoms with Crippen molar-refractivity contribution in [1.29, 1.82) is 0 Å². The Kier molecular flexibility index (Phi) is 8.73. The normalized spacial score (nSPS) is 21.6. The van der Waals surface area contributed by atoms with Gasteiger partial charge in [0.05, 0.1) is 27.7 Å². The van der Waals surface area contributed by atoms with E-state index in [9.17, 15) is 4.79 Å². The van der Waals surface area contributed by atoms with Gasteiger partial charge in [-0.1, -0.05) is 12.8 Å². The Morgan fingerprint density at radius 1 is 0.860 bits per heavy atom. The van der Waals surface area contributed by atoms with Crippen LogP contribution in [0.2, 0.25) is 0 Å². The van der Waals surface area contributed by atoms with Crippen LogP contribution in [0.25, 0.3) is 11.2 Å². The van der Waals surface area contributed by atoms with Crippen LogP contribution < -0.4 is 30.6 Å². The van der Waals surface area contributed by atoms with Gasteiger partial charge < -0.3 is 40.0 Å². The Balaban J connectivity index is 1.18. The van der Waals surface area contributed by atoms with Crippen LogP contribution in [-0.4, -0.2) is 82.9 Å². The summed E-state index contributed by atoms with van der Waals surface area (Å²) in [5, 5.41) is 7.29. The fourth-order valence-corrected chi connectivity index (χ4v) is 6.78. The molecule has 0 radical (unpaired) electrons. The van der Waals surface area contributed by atoms with Crippen molar-refractivity contribution >= 4 is 28.8 Å². The lowest BCUT2D eigenvalue weighted by Gasteiger charge is -2.33. The Morgan fingerprint density at radius 2 is 1.51 bits per heavy atom. The molecule has 12 nitrogen and oxygen atoms in total. The number of imidazole rings is 1. The highest BCUT2D eigenvalue weighted by atomic mass is 16.5. The molecule has 2 aliphatic carbocycles. The number of carbonyl (C=O) groups excluding carboxylic acids is 1. The quantitative estimate of drug-likeness (QED) is 0.328. The Labute approximate surface area is 252 Å². The third-order valence-corrected chi connectivity index (χ3v) is 9.28. The fraction of sp³-hybridized carbons (Fsp3) is 0.613. The number of piperidine rings is 1. The van der Waals surface area contributed by atoms with E-state index in [4.69, 9.17) is 34.9 Å². The van der Waals surface area contributed by atoms with Crippen molar-refractivity contribution in [3.8, 4) is 17.2 Å². The van der Waals surface area contributed by atoms with Gasteiger partial charge in [0.1, 0.15) is 0 Å². The molecular weight excluding hydrogens is 548 g/mol. The average Bonchev–Trinajstić information content (AvgIpc) is 3.72. The summed E-state index contributed by atoms with van der Waals surface area (Å²) in [5.41, 5.74) is 8.34. The van der Waals surface area contributed by atoms with Gasteiger partial charge >= 0.3 is 0 Å². The van der Waals surface area contributed by atoms with Gasteiger partial charge in [0.15, 0.2) is 28.5 Å². The van der Waals surface area contributed by atoms with Crippen molar-refractivity contribution in [3.05, 3.63) is 24.0 Å². The largest absolute Gasteiger partial charge is 0.493 e. The van der Waals surface area contributed by atoms with E-state index in [1.165, 1.54) is 12.8 Å². The second-order valence-electron chi connectivity index (χ2n) is 12.0. The lowest BCUT2D eigenvalue weighted by molar-refractivity contribution is 0.0717. The van der Waals surface area contributed by atoms with Crippen LogP contribution in [-0.2, 0) is 0 Å². The molecule has 3 heterocycles. The van der Waals surface area contributed by atoms with Crippen molar-refractivity contribution in [2.24, 2.45) is 5.73 Å². The second-order valence-corrected chi connectivity index (χ2v) is 12.0. The number of nitrogens with zero attached hydrogens (tertiary/aromatic N) is 5. The van der Waals surface area contributed by atoms with E-state index < -0.39 is 0 Å². The molecule has 1 aliphatic heterocycles. The van der Waals surface area contributed by atoms with Crippen molar-refractivity contribution in [3.63, 3.8) is 0 Å². The van der Waals surface area contributed by atoms with E-state index in [2.05, 4.69) is 15.2 Å². The summed E-state index contributed by atoms with van der Waals surface area (Å²) >= 11 is 0. The molecule has 4 N–H and O–H groups in total. The first-order chi connectivity index (χ1) is 21.0. The second kappa shape index (κ2) is 12.8. The maximum Gasteiger partial charge on any atom is 0.254 e. The zero-order valence-electron chi connectivity index (χ0n) is 25.5. The van der Waals surface area contributed by atoms with Gasteiger partial charge in [-0.3, -0.25) is 4.79 Å². The summed E-state index contributed by atoms with van der Waals surface area (Å²) < 4.78 is 18.6. The molecule has 1 saturated heterocycles. The molecule has 3 aromatic rings. The van der Waals surface area contributed by atoms with Crippen LogP contribution in [0.15, 0.2) is 18.5 Å². The number of benzene rings is 1. The van der Waals surface area contributed by atoms with Gasteiger partial charge in [-0.05, 0) is 63.5 Å². The minimum absolute atomic E-state index is 0.0591. The van der Waals surface area contributed by atoms with Gasteiger partial charge in [0.25, 0.3) is 5.91 Å². The number of likely N-dealkylation sites (tertiary alicyclic amines) is 1. The summed E-state index contributed by atoms with van der Waals surface area (Å²) in [6.07, 6.45) is 12.3. The molecule has 1 aromatic carbocycles. The maximum atomic E-state index is 13.5. The summed E-state index contributed by atoms with van der Waals surface area (Å²) in [5.74, 6) is 2.74. The molecule has 0 bridgehead atoms. The molecule has 0 unspecified atom stereocenters. The lowest BCUT2D eigenvalue weighted by atomic mass is 9.92. The van der Waals surface area contributed by atoms with Gasteiger partial charge in [-0.2, -0.15) is 9.97 Å². The highest BCUT2D eigenvalue weighted by Gasteiger charge is 2.28. The number of anilines is 2. The molecule has 232 valence electrons. The standard InChI is InChI=1S/C31H44N8O4/c1-41-24-16-19(17-25(42-2)27(24)43-3)30(40)38-14-12-22(13-15-38)34-28-26-29(39(18-33-26)23-6-4-5-7-23)37-31(36-28)35-21-10-8-20(32)9-11-21/h16-18,20-23H,4-15,32H2,1-3H3,(H2,34,35,36,37)/t20-,21-. The van der Waals surface area contributed by atoms with Crippen molar-refractivity contribution < 1.29 is 19.0 Å². The van der Waals surface area contributed by atoms with Gasteiger partial charge in [-0.15, -0.1) is 0 Å². The van der Waals surface area contributed by atoms with E-state index in [0.29, 0.717) is 53.9 Å². The Hall–Kier alpha value is -3.80. The molecule has 6 rings (SSSR count). The van der Waals surface area contributed by atoms with Crippen LogP contribution in [0, 0.1) is 0 Å². The Bertz CT molecular complexity index is 1400. The van der Waals surface area contributed by atoms with Crippen LogP contribution in [0.3, 0.4) is 0 Å². The van der Waals surface area contributed by atoms with Crippen LogP contribution in [0.1, 0.15) is 80.6 Å². The number of aromatic nitrogens is 4.